The van der Waals surface area contributed by atoms with Crippen LogP contribution < -0.4 is 9.80 Å². The summed E-state index contributed by atoms with van der Waals surface area (Å²) < 4.78 is -2.24. The first kappa shape index (κ1) is 20.6. The number of benzene rings is 2. The van der Waals surface area contributed by atoms with Crippen molar-refractivity contribution in [2.75, 3.05) is 34.4 Å². The maximum atomic E-state index is 14.2. The molecule has 0 saturated carbocycles. The number of hydrogen-bond donors (Lipinski definition) is 0. The summed E-state index contributed by atoms with van der Waals surface area (Å²) in [5.41, 5.74) is 3.18. The normalized spacial score (nSPS) is 26.3. The molecular formula is C24H19ClN2O2S2. The number of thioether (sulfide) groups is 2. The van der Waals surface area contributed by atoms with E-state index in [4.69, 9.17) is 18.0 Å². The van der Waals surface area contributed by atoms with Crippen molar-refractivity contribution in [1.82, 2.24) is 0 Å². The van der Waals surface area contributed by atoms with Gasteiger partial charge in [0.15, 0.2) is 0 Å². The molecular weight excluding hydrogens is 448 g/mol. The summed E-state index contributed by atoms with van der Waals surface area (Å²) in [6.45, 7) is 4.35. The van der Waals surface area contributed by atoms with Crippen LogP contribution >= 0.6 is 35.1 Å². The number of para-hydroxylation sites is 1. The van der Waals surface area contributed by atoms with Gasteiger partial charge in [0.05, 0.1) is 12.2 Å². The molecule has 3 aliphatic rings. The zero-order valence-electron chi connectivity index (χ0n) is 16.6. The Labute approximate surface area is 195 Å². The molecule has 1 saturated heterocycles. The lowest BCUT2D eigenvalue weighted by Gasteiger charge is -2.46. The molecule has 31 heavy (non-hydrogen) atoms. The number of terminal acetylenes is 1. The van der Waals surface area contributed by atoms with Crippen LogP contribution in [0.25, 0.3) is 0 Å². The Bertz CT molecular complexity index is 1180. The molecule has 0 N–H and O–H groups in total. The minimum atomic E-state index is -1.14. The van der Waals surface area contributed by atoms with Crippen LogP contribution in [0.2, 0.25) is 5.02 Å². The van der Waals surface area contributed by atoms with Gasteiger partial charge in [0.1, 0.15) is 9.49 Å². The van der Waals surface area contributed by atoms with E-state index in [-0.39, 0.29) is 18.4 Å². The highest BCUT2D eigenvalue weighted by atomic mass is 35.5. The van der Waals surface area contributed by atoms with E-state index in [1.54, 1.807) is 33.7 Å². The van der Waals surface area contributed by atoms with E-state index < -0.39 is 9.49 Å². The Kier molecular flexibility index (Phi) is 4.89. The van der Waals surface area contributed by atoms with Gasteiger partial charge in [-0.1, -0.05) is 41.8 Å². The summed E-state index contributed by atoms with van der Waals surface area (Å²) in [5, 5.41) is 0.529. The Morgan fingerprint density at radius 3 is 2.39 bits per heavy atom. The molecule has 2 aromatic carbocycles. The standard InChI is InChI=1S/C24H19ClN2O2S2/c1-3-11-26-19-8-6-5-7-17(19)23(21(26)28)24(31-14-13-30-23)18-15-16(25)9-10-20(18)27(12-4-2)22(24)29/h2-3,5-10,15H,1,11-14H2/t23-,24-/m1/s1. The van der Waals surface area contributed by atoms with E-state index in [1.165, 1.54) is 11.8 Å². The molecule has 3 heterocycles. The average molecular weight is 467 g/mol. The zero-order valence-corrected chi connectivity index (χ0v) is 19.0. The Morgan fingerprint density at radius 1 is 1.03 bits per heavy atom. The van der Waals surface area contributed by atoms with Gasteiger partial charge in [-0.15, -0.1) is 36.5 Å². The predicted molar refractivity (Wildman–Crippen MR) is 130 cm³/mol. The quantitative estimate of drug-likeness (QED) is 0.496. The number of rotatable bonds is 3. The Balaban J connectivity index is 1.85. The molecule has 0 unspecified atom stereocenters. The summed E-state index contributed by atoms with van der Waals surface area (Å²) in [6, 6.07) is 13.2. The molecule has 7 heteroatoms. The fraction of sp³-hybridized carbons (Fsp3) is 0.250. The third kappa shape index (κ3) is 2.48. The SMILES string of the molecule is C#CCN1C(=O)[C@]2(SCCS[C@]23C(=O)N(CC=C)c2ccccc23)c2cc(Cl)ccc21. The van der Waals surface area contributed by atoms with Gasteiger partial charge in [0, 0.05) is 39.9 Å². The second-order valence-electron chi connectivity index (χ2n) is 7.54. The van der Waals surface area contributed by atoms with E-state index in [0.717, 1.165) is 34.0 Å². The minimum Gasteiger partial charge on any atom is -0.307 e. The Hall–Kier alpha value is -2.33. The van der Waals surface area contributed by atoms with Gasteiger partial charge >= 0.3 is 0 Å². The first-order chi connectivity index (χ1) is 15.0. The van der Waals surface area contributed by atoms with Crippen LogP contribution in [-0.2, 0) is 19.1 Å². The topological polar surface area (TPSA) is 40.6 Å². The molecule has 0 aromatic heterocycles. The summed E-state index contributed by atoms with van der Waals surface area (Å²) in [6.07, 6.45) is 7.33. The molecule has 0 radical (unpaired) electrons. The summed E-state index contributed by atoms with van der Waals surface area (Å²) in [4.78, 5) is 31.7. The van der Waals surface area contributed by atoms with Gasteiger partial charge in [-0.2, -0.15) is 0 Å². The first-order valence-corrected chi connectivity index (χ1v) is 12.2. The number of hydrogen-bond acceptors (Lipinski definition) is 4. The first-order valence-electron chi connectivity index (χ1n) is 9.88. The van der Waals surface area contributed by atoms with Gasteiger partial charge in [0.2, 0.25) is 5.91 Å². The van der Waals surface area contributed by atoms with Crippen molar-refractivity contribution in [1.29, 1.82) is 0 Å². The number of halogens is 1. The third-order valence-corrected chi connectivity index (χ3v) is 9.78. The molecule has 156 valence electrons. The number of nitrogens with zero attached hydrogens (tertiary/aromatic N) is 2. The summed E-state index contributed by atoms with van der Waals surface area (Å²) in [5.74, 6) is 3.86. The predicted octanol–water partition coefficient (Wildman–Crippen LogP) is 4.42. The molecule has 2 spiro atoms. The molecule has 3 aliphatic heterocycles. The number of carbonyl (C=O) groups excluding carboxylic acids is 2. The van der Waals surface area contributed by atoms with Crippen molar-refractivity contribution in [2.45, 2.75) is 9.49 Å². The second kappa shape index (κ2) is 7.37. The van der Waals surface area contributed by atoms with Crippen molar-refractivity contribution < 1.29 is 9.59 Å². The van der Waals surface area contributed by atoms with Crippen molar-refractivity contribution >= 4 is 58.3 Å². The largest absolute Gasteiger partial charge is 0.307 e. The molecule has 1 fully saturated rings. The number of amides is 2. The average Bonchev–Trinajstić information content (AvgIpc) is 3.14. The Morgan fingerprint density at radius 2 is 1.68 bits per heavy atom. The number of fused-ring (bicyclic) bond motifs is 5. The molecule has 5 rings (SSSR count). The monoisotopic (exact) mass is 466 g/mol. The highest BCUT2D eigenvalue weighted by molar-refractivity contribution is 8.08. The zero-order chi connectivity index (χ0) is 21.8. The van der Waals surface area contributed by atoms with E-state index in [9.17, 15) is 9.59 Å². The maximum absolute atomic E-state index is 14.2. The summed E-state index contributed by atoms with van der Waals surface area (Å²) >= 11 is 9.50. The lowest BCUT2D eigenvalue weighted by molar-refractivity contribution is -0.127. The van der Waals surface area contributed by atoms with E-state index in [2.05, 4.69) is 12.5 Å². The van der Waals surface area contributed by atoms with Crippen molar-refractivity contribution in [3.05, 3.63) is 71.3 Å². The van der Waals surface area contributed by atoms with Crippen LogP contribution in [-0.4, -0.2) is 36.4 Å². The number of anilines is 2. The third-order valence-electron chi connectivity index (χ3n) is 6.07. The highest BCUT2D eigenvalue weighted by Gasteiger charge is 2.72. The van der Waals surface area contributed by atoms with Crippen LogP contribution in [0.5, 0.6) is 0 Å². The van der Waals surface area contributed by atoms with E-state index in [0.29, 0.717) is 11.6 Å². The lowest BCUT2D eigenvalue weighted by atomic mass is 9.80. The lowest BCUT2D eigenvalue weighted by Crippen LogP contribution is -2.58. The van der Waals surface area contributed by atoms with Gasteiger partial charge in [-0.25, -0.2) is 0 Å². The van der Waals surface area contributed by atoms with E-state index >= 15 is 0 Å². The minimum absolute atomic E-state index is 0.0902. The van der Waals surface area contributed by atoms with Crippen molar-refractivity contribution in [2.24, 2.45) is 0 Å². The van der Waals surface area contributed by atoms with Gasteiger partial charge in [-0.3, -0.25) is 14.5 Å². The van der Waals surface area contributed by atoms with Crippen LogP contribution in [0.1, 0.15) is 11.1 Å². The van der Waals surface area contributed by atoms with Crippen LogP contribution in [0.3, 0.4) is 0 Å². The van der Waals surface area contributed by atoms with Gasteiger partial charge in [0.25, 0.3) is 5.91 Å². The maximum Gasteiger partial charge on any atom is 0.251 e. The fourth-order valence-electron chi connectivity index (χ4n) is 4.97. The van der Waals surface area contributed by atoms with Gasteiger partial charge in [-0.05, 0) is 24.3 Å². The van der Waals surface area contributed by atoms with Crippen LogP contribution in [0.15, 0.2) is 55.1 Å². The molecule has 4 nitrogen and oxygen atoms in total. The van der Waals surface area contributed by atoms with Crippen molar-refractivity contribution in [3.63, 3.8) is 0 Å². The molecule has 2 amide bonds. The molecule has 2 aromatic rings. The summed E-state index contributed by atoms with van der Waals surface area (Å²) in [7, 11) is 0. The van der Waals surface area contributed by atoms with E-state index in [1.807, 2.05) is 36.4 Å². The van der Waals surface area contributed by atoms with Crippen molar-refractivity contribution in [3.8, 4) is 12.3 Å². The fourth-order valence-corrected chi connectivity index (χ4v) is 8.69. The van der Waals surface area contributed by atoms with Gasteiger partial charge < -0.3 is 4.90 Å². The number of carbonyl (C=O) groups is 2. The highest BCUT2D eigenvalue weighted by Crippen LogP contribution is 2.69. The smallest absolute Gasteiger partial charge is 0.251 e. The molecule has 0 bridgehead atoms. The molecule has 2 atom stereocenters. The van der Waals surface area contributed by atoms with Crippen LogP contribution in [0, 0.1) is 12.3 Å². The van der Waals surface area contributed by atoms with Crippen LogP contribution in [0.4, 0.5) is 11.4 Å². The second-order valence-corrected chi connectivity index (χ2v) is 10.6. The molecule has 0 aliphatic carbocycles.